The number of amides is 2. The number of ether oxygens (including phenoxy) is 2. The van der Waals surface area contributed by atoms with Crippen LogP contribution < -0.4 is 14.4 Å². The maximum Gasteiger partial charge on any atom is 0.419 e. The number of anilines is 1. The number of rotatable bonds is 12. The summed E-state index contributed by atoms with van der Waals surface area (Å²) in [6.45, 7) is 0.736. The van der Waals surface area contributed by atoms with Gasteiger partial charge in [-0.1, -0.05) is 43.2 Å². The molecule has 178 valence electrons. The molecular formula is C26H27ClN2O5. The minimum absolute atomic E-state index is 0.134. The fraction of sp³-hybridized carbons (Fsp3) is 0.269. The Morgan fingerprint density at radius 1 is 0.853 bits per heavy atom. The Hall–Kier alpha value is -3.58. The number of unbranched alkanes of at least 4 members (excludes halogenated alkanes) is 3. The molecule has 0 aliphatic heterocycles. The minimum atomic E-state index is -1.41. The van der Waals surface area contributed by atoms with Crippen molar-refractivity contribution in [3.05, 3.63) is 84.2 Å². The van der Waals surface area contributed by atoms with E-state index in [9.17, 15) is 14.7 Å². The second-order valence-electron chi connectivity index (χ2n) is 7.47. The number of nitrogens with zero attached hydrogens (tertiary/aromatic N) is 2. The van der Waals surface area contributed by atoms with E-state index >= 15 is 0 Å². The summed E-state index contributed by atoms with van der Waals surface area (Å²) in [6, 6.07) is 17.0. The topological polar surface area (TPSA) is 89.0 Å². The number of halogens is 1. The van der Waals surface area contributed by atoms with Gasteiger partial charge in [0.05, 0.1) is 12.3 Å². The highest BCUT2D eigenvalue weighted by molar-refractivity contribution is 6.19. The van der Waals surface area contributed by atoms with Crippen LogP contribution in [0.15, 0.2) is 73.1 Å². The molecule has 0 radical (unpaired) electrons. The van der Waals surface area contributed by atoms with Crippen LogP contribution >= 0.6 is 11.6 Å². The standard InChI is InChI=1S/C26H27ClN2O5/c27-15-7-1-2-8-18-33-23-11-5-3-9-21(23)19-34-24-12-6-4-10-22(24)29(26(31)32)25(30)20-13-16-28-17-14-20/h3-6,9-14,16-17H,1-2,7-8,15,18-19H2,(H,31,32). The summed E-state index contributed by atoms with van der Waals surface area (Å²) in [6.07, 6.45) is 5.52. The maximum atomic E-state index is 12.9. The molecule has 1 N–H and O–H groups in total. The van der Waals surface area contributed by atoms with Gasteiger partial charge in [-0.2, -0.15) is 0 Å². The Bertz CT molecular complexity index is 1080. The van der Waals surface area contributed by atoms with Gasteiger partial charge in [0, 0.05) is 29.4 Å². The molecule has 0 aliphatic rings. The first-order valence-electron chi connectivity index (χ1n) is 11.1. The minimum Gasteiger partial charge on any atom is -0.493 e. The molecule has 0 spiro atoms. The number of aromatic nitrogens is 1. The van der Waals surface area contributed by atoms with Crippen LogP contribution in [0.1, 0.15) is 41.6 Å². The lowest BCUT2D eigenvalue weighted by atomic mass is 10.2. The lowest BCUT2D eigenvalue weighted by Gasteiger charge is -2.21. The fourth-order valence-corrected chi connectivity index (χ4v) is 3.53. The molecule has 1 aromatic heterocycles. The van der Waals surface area contributed by atoms with Gasteiger partial charge in [0.2, 0.25) is 0 Å². The lowest BCUT2D eigenvalue weighted by molar-refractivity contribution is 0.0982. The molecule has 0 saturated heterocycles. The number of carboxylic acid groups (broad SMARTS) is 1. The summed E-state index contributed by atoms with van der Waals surface area (Å²) in [5.41, 5.74) is 1.16. The number of pyridine rings is 1. The predicted octanol–water partition coefficient (Wildman–Crippen LogP) is 6.16. The van der Waals surface area contributed by atoms with Crippen molar-refractivity contribution in [2.24, 2.45) is 0 Å². The quantitative estimate of drug-likeness (QED) is 0.245. The van der Waals surface area contributed by atoms with E-state index in [4.69, 9.17) is 21.1 Å². The molecule has 0 unspecified atom stereocenters. The number of carbonyl (C=O) groups is 2. The molecule has 34 heavy (non-hydrogen) atoms. The zero-order valence-electron chi connectivity index (χ0n) is 18.7. The van der Waals surface area contributed by atoms with Crippen molar-refractivity contribution in [2.75, 3.05) is 17.4 Å². The van der Waals surface area contributed by atoms with Crippen molar-refractivity contribution in [1.82, 2.24) is 4.98 Å². The smallest absolute Gasteiger partial charge is 0.419 e. The molecule has 3 aromatic rings. The van der Waals surface area contributed by atoms with Crippen LogP contribution in [0, 0.1) is 0 Å². The van der Waals surface area contributed by atoms with Gasteiger partial charge in [-0.25, -0.2) is 9.69 Å². The van der Waals surface area contributed by atoms with E-state index in [0.29, 0.717) is 23.1 Å². The van der Waals surface area contributed by atoms with Crippen molar-refractivity contribution < 1.29 is 24.2 Å². The number of hydrogen-bond donors (Lipinski definition) is 1. The summed E-state index contributed by atoms with van der Waals surface area (Å²) in [7, 11) is 0. The van der Waals surface area contributed by atoms with Crippen molar-refractivity contribution >= 4 is 29.3 Å². The van der Waals surface area contributed by atoms with Crippen LogP contribution in [0.5, 0.6) is 11.5 Å². The van der Waals surface area contributed by atoms with Gasteiger partial charge >= 0.3 is 6.09 Å². The second kappa shape index (κ2) is 13.2. The number of alkyl halides is 1. The summed E-state index contributed by atoms with van der Waals surface area (Å²) in [5, 5.41) is 9.79. The van der Waals surface area contributed by atoms with Crippen LogP contribution in [-0.4, -0.2) is 34.6 Å². The molecule has 1 heterocycles. The third kappa shape index (κ3) is 6.96. The Kier molecular flexibility index (Phi) is 9.73. The number of benzene rings is 2. The number of imide groups is 1. The average Bonchev–Trinajstić information content (AvgIpc) is 2.86. The van der Waals surface area contributed by atoms with Crippen molar-refractivity contribution in [3.63, 3.8) is 0 Å². The molecular weight excluding hydrogens is 456 g/mol. The third-order valence-corrected chi connectivity index (χ3v) is 5.34. The van der Waals surface area contributed by atoms with Gasteiger partial charge in [0.25, 0.3) is 5.91 Å². The van der Waals surface area contributed by atoms with E-state index in [1.165, 1.54) is 30.6 Å². The molecule has 0 bridgehead atoms. The number of hydrogen-bond acceptors (Lipinski definition) is 5. The summed E-state index contributed by atoms with van der Waals surface area (Å²) >= 11 is 5.71. The maximum absolute atomic E-state index is 12.9. The monoisotopic (exact) mass is 482 g/mol. The fourth-order valence-electron chi connectivity index (χ4n) is 3.34. The van der Waals surface area contributed by atoms with Crippen LogP contribution in [0.2, 0.25) is 0 Å². The highest BCUT2D eigenvalue weighted by atomic mass is 35.5. The molecule has 8 heteroatoms. The molecule has 7 nitrogen and oxygen atoms in total. The molecule has 0 atom stereocenters. The molecule has 3 rings (SSSR count). The number of para-hydroxylation sites is 3. The van der Waals surface area contributed by atoms with Gasteiger partial charge in [-0.3, -0.25) is 9.78 Å². The lowest BCUT2D eigenvalue weighted by Crippen LogP contribution is -2.36. The van der Waals surface area contributed by atoms with E-state index in [1.807, 2.05) is 24.3 Å². The van der Waals surface area contributed by atoms with Crippen molar-refractivity contribution in [1.29, 1.82) is 0 Å². The summed E-state index contributed by atoms with van der Waals surface area (Å²) in [4.78, 5) is 29.5. The van der Waals surface area contributed by atoms with Crippen molar-refractivity contribution in [3.8, 4) is 11.5 Å². The molecule has 2 aromatic carbocycles. The number of carbonyl (C=O) groups excluding carboxylic acids is 1. The molecule has 2 amide bonds. The van der Waals surface area contributed by atoms with Crippen molar-refractivity contribution in [2.45, 2.75) is 32.3 Å². The average molecular weight is 483 g/mol. The van der Waals surface area contributed by atoms with Crippen LogP contribution in [0.25, 0.3) is 0 Å². The SMILES string of the molecule is O=C(O)N(C(=O)c1ccncc1)c1ccccc1OCc1ccccc1OCCCCCCCl. The Morgan fingerprint density at radius 3 is 2.26 bits per heavy atom. The van der Waals surface area contributed by atoms with Gasteiger partial charge in [-0.15, -0.1) is 11.6 Å². The first kappa shape index (κ1) is 25.1. The second-order valence-corrected chi connectivity index (χ2v) is 7.85. The first-order valence-corrected chi connectivity index (χ1v) is 11.6. The first-order chi connectivity index (χ1) is 16.6. The van der Waals surface area contributed by atoms with E-state index < -0.39 is 12.0 Å². The van der Waals surface area contributed by atoms with Gasteiger partial charge in [-0.05, 0) is 43.2 Å². The summed E-state index contributed by atoms with van der Waals surface area (Å²) < 4.78 is 11.9. The highest BCUT2D eigenvalue weighted by Gasteiger charge is 2.27. The van der Waals surface area contributed by atoms with Gasteiger partial charge in [0.1, 0.15) is 18.1 Å². The third-order valence-electron chi connectivity index (χ3n) is 5.07. The van der Waals surface area contributed by atoms with Crippen LogP contribution in [0.3, 0.4) is 0 Å². The van der Waals surface area contributed by atoms with Crippen LogP contribution in [-0.2, 0) is 6.61 Å². The zero-order chi connectivity index (χ0) is 24.2. The van der Waals surface area contributed by atoms with Gasteiger partial charge < -0.3 is 14.6 Å². The van der Waals surface area contributed by atoms with Gasteiger partial charge in [0.15, 0.2) is 0 Å². The summed E-state index contributed by atoms with van der Waals surface area (Å²) in [5.74, 6) is 0.961. The Labute approximate surface area is 203 Å². The van der Waals surface area contributed by atoms with Crippen LogP contribution in [0.4, 0.5) is 10.5 Å². The largest absolute Gasteiger partial charge is 0.493 e. The molecule has 0 fully saturated rings. The zero-order valence-corrected chi connectivity index (χ0v) is 19.5. The molecule has 0 aliphatic carbocycles. The van der Waals surface area contributed by atoms with E-state index in [0.717, 1.165) is 31.2 Å². The Morgan fingerprint density at radius 2 is 1.53 bits per heavy atom. The van der Waals surface area contributed by atoms with E-state index in [2.05, 4.69) is 4.98 Å². The highest BCUT2D eigenvalue weighted by Crippen LogP contribution is 2.31. The normalized spacial score (nSPS) is 10.5. The Balaban J connectivity index is 1.72. The predicted molar refractivity (Wildman–Crippen MR) is 131 cm³/mol. The van der Waals surface area contributed by atoms with E-state index in [1.54, 1.807) is 18.2 Å². The van der Waals surface area contributed by atoms with E-state index in [-0.39, 0.29) is 23.6 Å². The molecule has 0 saturated carbocycles.